The number of benzene rings is 1. The molecule has 13 heteroatoms. The van der Waals surface area contributed by atoms with Gasteiger partial charge in [-0.3, -0.25) is 24.2 Å². The highest BCUT2D eigenvalue weighted by atomic mass is 19.3. The average molecular weight is 578 g/mol. The first-order chi connectivity index (χ1) is 19.0. The van der Waals surface area contributed by atoms with Gasteiger partial charge >= 0.3 is 0 Å². The number of hydrogen-bond acceptors (Lipinski definition) is 10. The monoisotopic (exact) mass is 577 g/mol. The van der Waals surface area contributed by atoms with Gasteiger partial charge in [-0.25, -0.2) is 8.78 Å². The summed E-state index contributed by atoms with van der Waals surface area (Å²) in [5, 5.41) is 56.9. The minimum absolute atomic E-state index is 0.0784. The number of carbonyl (C=O) groups excluding carboxylic acids is 3. The van der Waals surface area contributed by atoms with Crippen LogP contribution in [-0.2, 0) is 16.1 Å². The van der Waals surface area contributed by atoms with E-state index < -0.39 is 87.3 Å². The van der Waals surface area contributed by atoms with Gasteiger partial charge in [-0.15, -0.1) is 0 Å². The number of alkyl halides is 2. The predicted molar refractivity (Wildman–Crippen MR) is 139 cm³/mol. The molecule has 7 N–H and O–H groups in total. The molecule has 0 spiro atoms. The van der Waals surface area contributed by atoms with Gasteiger partial charge in [0.05, 0.1) is 23.6 Å². The van der Waals surface area contributed by atoms with Crippen LogP contribution in [0.2, 0.25) is 0 Å². The maximum Gasteiger partial charge on any atom is 0.255 e. The van der Waals surface area contributed by atoms with Crippen molar-refractivity contribution < 1.29 is 48.7 Å². The number of aliphatic hydroxyl groups is 4. The highest BCUT2D eigenvalue weighted by molar-refractivity contribution is 6.25. The lowest BCUT2D eigenvalue weighted by Gasteiger charge is -2.53. The zero-order valence-corrected chi connectivity index (χ0v) is 22.8. The Kier molecular flexibility index (Phi) is 6.80. The summed E-state index contributed by atoms with van der Waals surface area (Å²) in [6.45, 7) is 1.89. The van der Waals surface area contributed by atoms with Crippen LogP contribution in [0.4, 0.5) is 8.78 Å². The molecule has 0 bridgehead atoms. The van der Waals surface area contributed by atoms with Gasteiger partial charge in [0, 0.05) is 49.5 Å². The number of phenols is 1. The van der Waals surface area contributed by atoms with Crippen LogP contribution in [0.1, 0.15) is 47.2 Å². The number of aliphatic hydroxyl groups excluding tert-OH is 3. The number of fused-ring (bicyclic) bond motifs is 3. The molecule has 0 unspecified atom stereocenters. The van der Waals surface area contributed by atoms with Gasteiger partial charge in [0.1, 0.15) is 22.8 Å². The Morgan fingerprint density at radius 1 is 1.15 bits per heavy atom. The fraction of sp³-hybridized carbons (Fsp3) is 0.536. The summed E-state index contributed by atoms with van der Waals surface area (Å²) >= 11 is 0. The number of aromatic hydroxyl groups is 1. The second kappa shape index (κ2) is 9.58. The van der Waals surface area contributed by atoms with E-state index in [1.165, 1.54) is 19.0 Å². The Labute approximate surface area is 234 Å². The largest absolute Gasteiger partial charge is 0.510 e. The van der Waals surface area contributed by atoms with Crippen LogP contribution in [-0.4, -0.2) is 104 Å². The second-order valence-corrected chi connectivity index (χ2v) is 11.7. The van der Waals surface area contributed by atoms with Crippen LogP contribution in [0, 0.1) is 11.8 Å². The van der Waals surface area contributed by atoms with Crippen LogP contribution in [0.5, 0.6) is 5.75 Å². The Bertz CT molecular complexity index is 1410. The van der Waals surface area contributed by atoms with Gasteiger partial charge in [-0.2, -0.15) is 0 Å². The minimum atomic E-state index is -2.99. The van der Waals surface area contributed by atoms with Crippen molar-refractivity contribution in [1.29, 1.82) is 0 Å². The number of likely N-dealkylation sites (N-methyl/N-ethyl adjacent to an activating group) is 1. The minimum Gasteiger partial charge on any atom is -0.510 e. The maximum atomic E-state index is 13.9. The summed E-state index contributed by atoms with van der Waals surface area (Å²) in [5.74, 6) is -12.3. The van der Waals surface area contributed by atoms with Crippen molar-refractivity contribution in [3.05, 3.63) is 51.5 Å². The van der Waals surface area contributed by atoms with Crippen molar-refractivity contribution in [2.45, 2.75) is 55.9 Å². The zero-order chi connectivity index (χ0) is 30.3. The zero-order valence-electron chi connectivity index (χ0n) is 22.8. The first-order valence-corrected chi connectivity index (χ1v) is 13.3. The van der Waals surface area contributed by atoms with Gasteiger partial charge < -0.3 is 31.3 Å². The van der Waals surface area contributed by atoms with E-state index in [1.54, 1.807) is 24.0 Å². The molecule has 1 aliphatic heterocycles. The number of amides is 1. The number of phenolic OH excluding ortho intramolecular Hbond substituents is 1. The third-order valence-corrected chi connectivity index (χ3v) is 9.20. The number of hydrogen-bond donors (Lipinski definition) is 6. The molecule has 5 rings (SSSR count). The van der Waals surface area contributed by atoms with Gasteiger partial charge in [0.15, 0.2) is 11.4 Å². The van der Waals surface area contributed by atoms with Gasteiger partial charge in [-0.05, 0) is 25.6 Å². The number of ketones is 2. The van der Waals surface area contributed by atoms with E-state index in [4.69, 9.17) is 5.73 Å². The van der Waals surface area contributed by atoms with Gasteiger partial charge in [0.25, 0.3) is 11.8 Å². The van der Waals surface area contributed by atoms with E-state index in [2.05, 4.69) is 0 Å². The maximum absolute atomic E-state index is 13.9. The second-order valence-electron chi connectivity index (χ2n) is 11.7. The molecule has 3 aliphatic carbocycles. The topological polar surface area (TPSA) is 185 Å². The molecule has 4 aliphatic rings. The molecule has 1 amide bonds. The number of piperidine rings is 1. The molecule has 1 fully saturated rings. The van der Waals surface area contributed by atoms with Crippen molar-refractivity contribution in [2.75, 3.05) is 27.2 Å². The standard InChI is InChI=1S/C28H33F2N3O8/c1-11-13-5-4-12(10-33-8-6-27(29,30)7-9-33)20(34)15(13)21(35)16-14(11)22(36)18-19(32(2)3)23(37)17(26(31)40)25(39)28(18,41)24(16)38/h4-5,11,14,18-19,22,34,36-38,41H,6-10H2,1-3H3,(H2,31,40)/t11-,14+,18+,19-,22-,28-/m0/s1. The van der Waals surface area contributed by atoms with E-state index in [0.29, 0.717) is 5.56 Å². The molecule has 41 heavy (non-hydrogen) atoms. The van der Waals surface area contributed by atoms with E-state index in [0.717, 1.165) is 0 Å². The number of halogens is 2. The average Bonchev–Trinajstić information content (AvgIpc) is 2.88. The summed E-state index contributed by atoms with van der Waals surface area (Å²) in [7, 11) is 2.93. The molecule has 0 radical (unpaired) electrons. The summed E-state index contributed by atoms with van der Waals surface area (Å²) in [5.41, 5.74) is 1.30. The van der Waals surface area contributed by atoms with Gasteiger partial charge in [-0.1, -0.05) is 19.1 Å². The molecule has 0 aromatic heterocycles. The smallest absolute Gasteiger partial charge is 0.255 e. The molecular formula is C28H33F2N3O8. The fourth-order valence-electron chi connectivity index (χ4n) is 7.07. The van der Waals surface area contributed by atoms with E-state index in [-0.39, 0.29) is 43.6 Å². The Morgan fingerprint density at radius 3 is 2.32 bits per heavy atom. The number of primary amides is 1. The van der Waals surface area contributed by atoms with Crippen LogP contribution in [0.3, 0.4) is 0 Å². The van der Waals surface area contributed by atoms with Crippen LogP contribution in [0.25, 0.3) is 0 Å². The molecule has 1 heterocycles. The highest BCUT2D eigenvalue weighted by Crippen LogP contribution is 2.55. The highest BCUT2D eigenvalue weighted by Gasteiger charge is 2.67. The first kappa shape index (κ1) is 29.1. The molecule has 222 valence electrons. The number of rotatable bonds is 4. The lowest BCUT2D eigenvalue weighted by atomic mass is 9.55. The number of likely N-dealkylation sites (tertiary alicyclic amines) is 1. The third kappa shape index (κ3) is 4.09. The molecule has 1 aromatic carbocycles. The molecule has 6 atom stereocenters. The predicted octanol–water partition coefficient (Wildman–Crippen LogP) is 0.884. The number of nitrogens with zero attached hydrogens (tertiary/aromatic N) is 2. The number of nitrogens with two attached hydrogens (primary N) is 1. The number of Topliss-reactive ketones (excluding diaryl/α,β-unsaturated/α-hetero) is 2. The Morgan fingerprint density at radius 2 is 1.76 bits per heavy atom. The quantitative estimate of drug-likeness (QED) is 0.281. The molecule has 1 aromatic rings. The fourth-order valence-corrected chi connectivity index (χ4v) is 7.07. The van der Waals surface area contributed by atoms with Crippen LogP contribution in [0.15, 0.2) is 34.8 Å². The summed E-state index contributed by atoms with van der Waals surface area (Å²) in [6, 6.07) is 1.83. The van der Waals surface area contributed by atoms with Crippen LogP contribution < -0.4 is 5.73 Å². The Hall–Kier alpha value is -3.39. The van der Waals surface area contributed by atoms with Crippen molar-refractivity contribution in [3.8, 4) is 5.75 Å². The van der Waals surface area contributed by atoms with Crippen molar-refractivity contribution in [3.63, 3.8) is 0 Å². The summed E-state index contributed by atoms with van der Waals surface area (Å²) < 4.78 is 27.2. The molecular weight excluding hydrogens is 544 g/mol. The van der Waals surface area contributed by atoms with E-state index in [1.807, 2.05) is 0 Å². The Balaban J connectivity index is 1.63. The first-order valence-electron chi connectivity index (χ1n) is 13.3. The number of carbonyl (C=O) groups is 3. The summed E-state index contributed by atoms with van der Waals surface area (Å²) in [6.07, 6.45) is -2.36. The normalized spacial score (nSPS) is 33.5. The molecule has 1 saturated heterocycles. The van der Waals surface area contributed by atoms with Crippen LogP contribution >= 0.6 is 0 Å². The molecule has 11 nitrogen and oxygen atoms in total. The third-order valence-electron chi connectivity index (χ3n) is 9.20. The lowest BCUT2D eigenvalue weighted by molar-refractivity contribution is -0.162. The summed E-state index contributed by atoms with van der Waals surface area (Å²) in [4.78, 5) is 42.6. The van der Waals surface area contributed by atoms with Crippen molar-refractivity contribution in [2.24, 2.45) is 17.6 Å². The lowest BCUT2D eigenvalue weighted by Crippen LogP contribution is -2.68. The van der Waals surface area contributed by atoms with E-state index in [9.17, 15) is 48.7 Å². The van der Waals surface area contributed by atoms with Crippen molar-refractivity contribution in [1.82, 2.24) is 9.80 Å². The van der Waals surface area contributed by atoms with Gasteiger partial charge in [0.2, 0.25) is 5.78 Å². The van der Waals surface area contributed by atoms with E-state index >= 15 is 0 Å². The molecule has 0 saturated carbocycles. The SMILES string of the molecule is C[C@H]1c2ccc(CN3CCC(F)(F)CC3)c(O)c2C(=O)C2=C(O)[C@]3(O)C(=O)C(C(N)=O)=C(O)[C@@H](N(C)C)[C@@H]3[C@@H](O)[C@@H]21. The van der Waals surface area contributed by atoms with Crippen molar-refractivity contribution >= 4 is 17.5 Å².